The van der Waals surface area contributed by atoms with Crippen molar-refractivity contribution >= 4 is 39.1 Å². The van der Waals surface area contributed by atoms with Crippen LogP contribution in [0.1, 0.15) is 26.3 Å². The Bertz CT molecular complexity index is 1170. The first-order valence-corrected chi connectivity index (χ1v) is 13.6. The van der Waals surface area contributed by atoms with Crippen LogP contribution >= 0.6 is 11.6 Å². The van der Waals surface area contributed by atoms with Crippen LogP contribution in [-0.2, 0) is 26.2 Å². The van der Waals surface area contributed by atoms with Gasteiger partial charge in [0.05, 0.1) is 26.2 Å². The topological polar surface area (TPSA) is 105 Å². The van der Waals surface area contributed by atoms with Gasteiger partial charge in [-0.05, 0) is 42.7 Å². The number of benzene rings is 2. The van der Waals surface area contributed by atoms with E-state index in [4.69, 9.17) is 21.1 Å². The molecule has 0 saturated heterocycles. The Morgan fingerprint density at radius 2 is 1.75 bits per heavy atom. The second-order valence-electron chi connectivity index (χ2n) is 8.77. The summed E-state index contributed by atoms with van der Waals surface area (Å²) in [5.74, 6) is 0.00377. The third-order valence-corrected chi connectivity index (χ3v) is 6.79. The summed E-state index contributed by atoms with van der Waals surface area (Å²) in [7, 11) is -1.03. The molecule has 0 unspecified atom stereocenters. The first-order valence-electron chi connectivity index (χ1n) is 11.4. The van der Waals surface area contributed by atoms with Crippen molar-refractivity contribution in [3.8, 4) is 11.5 Å². The standard InChI is InChI=1S/C25H34ClN3O6S/c1-17(2)14-27-25(31)18(3)28(15-19-8-7-9-20(26)12-19)24(30)16-29(36(6,32)33)22-11-10-21(34-4)13-23(22)35-5/h7-13,17-18H,14-16H2,1-6H3,(H,27,31)/t18-/m1/s1. The number of nitrogens with zero attached hydrogens (tertiary/aromatic N) is 2. The zero-order valence-electron chi connectivity index (χ0n) is 21.4. The average molecular weight is 540 g/mol. The minimum atomic E-state index is -3.90. The molecular formula is C25H34ClN3O6S. The lowest BCUT2D eigenvalue weighted by Crippen LogP contribution is -2.51. The summed E-state index contributed by atoms with van der Waals surface area (Å²) < 4.78 is 37.0. The van der Waals surface area contributed by atoms with Crippen molar-refractivity contribution in [2.75, 3.05) is 37.9 Å². The van der Waals surface area contributed by atoms with Gasteiger partial charge >= 0.3 is 0 Å². The fraction of sp³-hybridized carbons (Fsp3) is 0.440. The molecule has 0 saturated carbocycles. The fourth-order valence-corrected chi connectivity index (χ4v) is 4.52. The van der Waals surface area contributed by atoms with Gasteiger partial charge < -0.3 is 19.7 Å². The number of carbonyl (C=O) groups is 2. The van der Waals surface area contributed by atoms with Gasteiger partial charge in [-0.15, -0.1) is 0 Å². The fourth-order valence-electron chi connectivity index (χ4n) is 3.45. The van der Waals surface area contributed by atoms with E-state index in [0.29, 0.717) is 22.9 Å². The number of ether oxygens (including phenoxy) is 2. The van der Waals surface area contributed by atoms with Crippen molar-refractivity contribution in [2.45, 2.75) is 33.4 Å². The van der Waals surface area contributed by atoms with E-state index in [1.54, 1.807) is 37.3 Å². The van der Waals surface area contributed by atoms with Gasteiger partial charge in [0.15, 0.2) is 0 Å². The number of halogens is 1. The van der Waals surface area contributed by atoms with E-state index in [1.165, 1.54) is 31.3 Å². The van der Waals surface area contributed by atoms with E-state index in [0.717, 1.165) is 10.6 Å². The predicted octanol–water partition coefficient (Wildman–Crippen LogP) is 3.31. The smallest absolute Gasteiger partial charge is 0.244 e. The number of methoxy groups -OCH3 is 2. The summed E-state index contributed by atoms with van der Waals surface area (Å²) >= 11 is 6.12. The lowest BCUT2D eigenvalue weighted by atomic mass is 10.1. The molecule has 0 fully saturated rings. The van der Waals surface area contributed by atoms with E-state index in [9.17, 15) is 18.0 Å². The molecular weight excluding hydrogens is 506 g/mol. The Balaban J connectivity index is 2.44. The summed E-state index contributed by atoms with van der Waals surface area (Å²) in [6.07, 6.45) is 1.00. The zero-order chi connectivity index (χ0) is 27.0. The highest BCUT2D eigenvalue weighted by atomic mass is 35.5. The Morgan fingerprint density at radius 1 is 1.06 bits per heavy atom. The van der Waals surface area contributed by atoms with Crippen LogP contribution in [0.3, 0.4) is 0 Å². The van der Waals surface area contributed by atoms with Crippen LogP contribution < -0.4 is 19.1 Å². The number of rotatable bonds is 12. The number of amides is 2. The molecule has 2 aromatic rings. The first-order chi connectivity index (χ1) is 16.9. The molecule has 2 rings (SSSR count). The molecule has 0 aromatic heterocycles. The predicted molar refractivity (Wildman–Crippen MR) is 141 cm³/mol. The summed E-state index contributed by atoms with van der Waals surface area (Å²) in [5.41, 5.74) is 0.876. The van der Waals surface area contributed by atoms with Crippen LogP contribution in [0.4, 0.5) is 5.69 Å². The Morgan fingerprint density at radius 3 is 2.31 bits per heavy atom. The van der Waals surface area contributed by atoms with E-state index in [2.05, 4.69) is 5.32 Å². The highest BCUT2D eigenvalue weighted by Gasteiger charge is 2.31. The molecule has 0 aliphatic carbocycles. The molecule has 36 heavy (non-hydrogen) atoms. The highest BCUT2D eigenvalue weighted by Crippen LogP contribution is 2.33. The second-order valence-corrected chi connectivity index (χ2v) is 11.1. The Kier molecular flexibility index (Phi) is 10.4. The summed E-state index contributed by atoms with van der Waals surface area (Å²) in [6, 6.07) is 10.7. The summed E-state index contributed by atoms with van der Waals surface area (Å²) in [5, 5.41) is 3.32. The molecule has 0 aliphatic rings. The maximum atomic E-state index is 13.6. The molecule has 1 atom stereocenters. The van der Waals surface area contributed by atoms with Gasteiger partial charge in [0, 0.05) is 24.2 Å². The number of nitrogens with one attached hydrogen (secondary N) is 1. The van der Waals surface area contributed by atoms with Crippen LogP contribution in [0.15, 0.2) is 42.5 Å². The van der Waals surface area contributed by atoms with E-state index in [1.807, 2.05) is 13.8 Å². The van der Waals surface area contributed by atoms with Crippen LogP contribution in [0.2, 0.25) is 5.02 Å². The monoisotopic (exact) mass is 539 g/mol. The SMILES string of the molecule is COc1ccc(N(CC(=O)N(Cc2cccc(Cl)c2)[C@H](C)C(=O)NCC(C)C)S(C)(=O)=O)c(OC)c1. The normalized spacial score (nSPS) is 12.1. The number of sulfonamides is 1. The van der Waals surface area contributed by atoms with E-state index >= 15 is 0 Å². The quantitative estimate of drug-likeness (QED) is 0.443. The molecule has 198 valence electrons. The van der Waals surface area contributed by atoms with Crippen LogP contribution in [0.5, 0.6) is 11.5 Å². The van der Waals surface area contributed by atoms with Gasteiger partial charge in [-0.1, -0.05) is 37.6 Å². The van der Waals surface area contributed by atoms with Crippen LogP contribution in [-0.4, -0.2) is 64.7 Å². The maximum Gasteiger partial charge on any atom is 0.244 e. The molecule has 1 N–H and O–H groups in total. The van der Waals surface area contributed by atoms with Crippen molar-refractivity contribution < 1.29 is 27.5 Å². The largest absolute Gasteiger partial charge is 0.497 e. The maximum absolute atomic E-state index is 13.6. The minimum Gasteiger partial charge on any atom is -0.497 e. The van der Waals surface area contributed by atoms with Gasteiger partial charge in [0.1, 0.15) is 24.1 Å². The molecule has 2 amide bonds. The molecule has 0 aliphatic heterocycles. The molecule has 0 heterocycles. The van der Waals surface area contributed by atoms with Gasteiger partial charge in [-0.2, -0.15) is 0 Å². The van der Waals surface area contributed by atoms with Gasteiger partial charge in [-0.25, -0.2) is 8.42 Å². The number of hydrogen-bond acceptors (Lipinski definition) is 6. The van der Waals surface area contributed by atoms with Gasteiger partial charge in [0.2, 0.25) is 21.8 Å². The number of anilines is 1. The van der Waals surface area contributed by atoms with Crippen LogP contribution in [0.25, 0.3) is 0 Å². The molecule has 2 aromatic carbocycles. The number of hydrogen-bond donors (Lipinski definition) is 1. The lowest BCUT2D eigenvalue weighted by molar-refractivity contribution is -0.139. The Hall–Kier alpha value is -2.98. The molecule has 0 radical (unpaired) electrons. The zero-order valence-corrected chi connectivity index (χ0v) is 23.0. The first kappa shape index (κ1) is 29.3. The number of carbonyl (C=O) groups excluding carboxylic acids is 2. The lowest BCUT2D eigenvalue weighted by Gasteiger charge is -2.32. The highest BCUT2D eigenvalue weighted by molar-refractivity contribution is 7.92. The van der Waals surface area contributed by atoms with Crippen molar-refractivity contribution in [3.63, 3.8) is 0 Å². The molecule has 9 nitrogen and oxygen atoms in total. The van der Waals surface area contributed by atoms with Crippen LogP contribution in [0, 0.1) is 5.92 Å². The van der Waals surface area contributed by atoms with Crippen molar-refractivity contribution in [1.82, 2.24) is 10.2 Å². The van der Waals surface area contributed by atoms with Crippen molar-refractivity contribution in [3.05, 3.63) is 53.1 Å². The van der Waals surface area contributed by atoms with Gasteiger partial charge in [-0.3, -0.25) is 13.9 Å². The van der Waals surface area contributed by atoms with E-state index in [-0.39, 0.29) is 29.8 Å². The molecule has 11 heteroatoms. The summed E-state index contributed by atoms with van der Waals surface area (Å²) in [4.78, 5) is 27.8. The molecule has 0 spiro atoms. The summed E-state index contributed by atoms with van der Waals surface area (Å²) in [6.45, 7) is 5.51. The molecule has 0 bridgehead atoms. The van der Waals surface area contributed by atoms with Crippen molar-refractivity contribution in [2.24, 2.45) is 5.92 Å². The van der Waals surface area contributed by atoms with Gasteiger partial charge in [0.25, 0.3) is 0 Å². The van der Waals surface area contributed by atoms with E-state index < -0.39 is 28.5 Å². The third-order valence-electron chi connectivity index (χ3n) is 5.43. The van der Waals surface area contributed by atoms with Crippen molar-refractivity contribution in [1.29, 1.82) is 0 Å². The third kappa shape index (κ3) is 8.03. The average Bonchev–Trinajstić information content (AvgIpc) is 2.82. The Labute approximate surface area is 218 Å². The second kappa shape index (κ2) is 12.8. The minimum absolute atomic E-state index is 0.0625.